The SMILES string of the molecule is COC(=O)C[C@@H]1C[C@@]2(CO2)[C@H](O)[C@@H](/C=C/C(C)=C/C[C@@H]2O[C@H](C)[C@H](NC(=O)/C=C\C(C)n3nc(C)nc3C)C[C@@H]2C)O1. The maximum absolute atomic E-state index is 12.7. The summed E-state index contributed by atoms with van der Waals surface area (Å²) in [5.74, 6) is 1.27. The normalized spacial score (nSPS) is 34.2. The van der Waals surface area contributed by atoms with Gasteiger partial charge in [0.25, 0.3) is 0 Å². The monoisotopic (exact) mass is 586 g/mol. The number of methoxy groups -OCH3 is 1. The first-order chi connectivity index (χ1) is 19.9. The molecule has 3 aliphatic heterocycles. The van der Waals surface area contributed by atoms with E-state index < -0.39 is 17.8 Å². The highest BCUT2D eigenvalue weighted by Gasteiger charge is 2.58. The van der Waals surface area contributed by atoms with E-state index in [0.29, 0.717) is 18.9 Å². The minimum atomic E-state index is -0.793. The fourth-order valence-corrected chi connectivity index (χ4v) is 5.86. The van der Waals surface area contributed by atoms with E-state index in [9.17, 15) is 14.7 Å². The fraction of sp³-hybridized carbons (Fsp3) is 0.677. The Morgan fingerprint density at radius 2 is 2.00 bits per heavy atom. The Kier molecular flexibility index (Phi) is 10.4. The first-order valence-electron chi connectivity index (χ1n) is 14.8. The lowest BCUT2D eigenvalue weighted by Gasteiger charge is -2.39. The van der Waals surface area contributed by atoms with Crippen molar-refractivity contribution in [2.24, 2.45) is 5.92 Å². The van der Waals surface area contributed by atoms with Crippen LogP contribution in [-0.2, 0) is 28.5 Å². The standard InChI is InChI=1S/C31H46N4O7/c1-18(9-12-27-30(38)31(17-40-31)16-24(42-27)15-29(37)39-7)8-11-26-19(2)14-25(21(4)41-26)33-28(36)13-10-20(3)35-23(6)32-22(5)34-35/h8-10,12-13,19-21,24-27,30,38H,11,14-17H2,1-7H3,(H,33,36)/b12-9+,13-10-,18-8+/t19-,20?,21+,24+,25+,26-,27+,30+,31+/m0/s1. The molecule has 4 rings (SSSR count). The Balaban J connectivity index is 1.26. The van der Waals surface area contributed by atoms with Crippen molar-refractivity contribution in [1.82, 2.24) is 20.1 Å². The molecule has 42 heavy (non-hydrogen) atoms. The van der Waals surface area contributed by atoms with Crippen LogP contribution in [0.4, 0.5) is 0 Å². The molecular weight excluding hydrogens is 540 g/mol. The second kappa shape index (κ2) is 13.6. The molecule has 1 spiro atoms. The van der Waals surface area contributed by atoms with Crippen LogP contribution >= 0.6 is 0 Å². The predicted octanol–water partition coefficient (Wildman–Crippen LogP) is 3.05. The number of aliphatic hydroxyl groups is 1. The fourth-order valence-electron chi connectivity index (χ4n) is 5.86. The van der Waals surface area contributed by atoms with Crippen LogP contribution in [-0.4, -0.2) is 87.6 Å². The largest absolute Gasteiger partial charge is 0.469 e. The van der Waals surface area contributed by atoms with Crippen molar-refractivity contribution in [2.75, 3.05) is 13.7 Å². The number of aliphatic hydroxyl groups excluding tert-OH is 1. The first-order valence-corrected chi connectivity index (χ1v) is 14.8. The Morgan fingerprint density at radius 3 is 2.64 bits per heavy atom. The average Bonchev–Trinajstić information content (AvgIpc) is 3.63. The molecule has 11 nitrogen and oxygen atoms in total. The van der Waals surface area contributed by atoms with Crippen molar-refractivity contribution in [3.63, 3.8) is 0 Å². The van der Waals surface area contributed by atoms with Gasteiger partial charge < -0.3 is 29.4 Å². The highest BCUT2D eigenvalue weighted by Crippen LogP contribution is 2.43. The summed E-state index contributed by atoms with van der Waals surface area (Å²) in [6, 6.07) is -0.161. The molecule has 2 N–H and O–H groups in total. The number of hydrogen-bond donors (Lipinski definition) is 2. The quantitative estimate of drug-likeness (QED) is 0.183. The number of epoxide rings is 1. The highest BCUT2D eigenvalue weighted by molar-refractivity contribution is 5.87. The maximum atomic E-state index is 12.7. The number of rotatable bonds is 10. The van der Waals surface area contributed by atoms with Gasteiger partial charge in [-0.15, -0.1) is 0 Å². The molecule has 0 bridgehead atoms. The van der Waals surface area contributed by atoms with Gasteiger partial charge in [-0.25, -0.2) is 9.67 Å². The summed E-state index contributed by atoms with van der Waals surface area (Å²) in [5, 5.41) is 18.3. The van der Waals surface area contributed by atoms with Crippen molar-refractivity contribution < 1.29 is 33.6 Å². The molecule has 4 heterocycles. The molecule has 3 aliphatic rings. The number of nitrogens with one attached hydrogen (secondary N) is 1. The molecule has 0 aliphatic carbocycles. The second-order valence-corrected chi connectivity index (χ2v) is 12.0. The van der Waals surface area contributed by atoms with E-state index in [1.165, 1.54) is 7.11 Å². The van der Waals surface area contributed by atoms with Crippen molar-refractivity contribution in [2.45, 2.75) is 115 Å². The lowest BCUT2D eigenvalue weighted by Crippen LogP contribution is -2.50. The molecule has 3 fully saturated rings. The van der Waals surface area contributed by atoms with Gasteiger partial charge in [-0.2, -0.15) is 5.10 Å². The molecule has 0 radical (unpaired) electrons. The van der Waals surface area contributed by atoms with E-state index in [1.54, 1.807) is 10.8 Å². The van der Waals surface area contributed by atoms with Crippen molar-refractivity contribution in [3.05, 3.63) is 47.6 Å². The number of aromatic nitrogens is 3. The Hall–Kier alpha value is -2.86. The van der Waals surface area contributed by atoms with Crippen LogP contribution in [0.1, 0.15) is 71.1 Å². The van der Waals surface area contributed by atoms with Crippen LogP contribution in [0.15, 0.2) is 36.0 Å². The molecule has 11 heteroatoms. The van der Waals surface area contributed by atoms with Crippen LogP contribution < -0.4 is 5.32 Å². The van der Waals surface area contributed by atoms with Crippen LogP contribution in [0.2, 0.25) is 0 Å². The van der Waals surface area contributed by atoms with Gasteiger partial charge in [0, 0.05) is 12.5 Å². The molecule has 1 aromatic rings. The molecule has 1 unspecified atom stereocenters. The summed E-state index contributed by atoms with van der Waals surface area (Å²) in [6.07, 6.45) is 9.57. The summed E-state index contributed by atoms with van der Waals surface area (Å²) in [5.41, 5.74) is 0.378. The summed E-state index contributed by atoms with van der Waals surface area (Å²) in [4.78, 5) is 28.8. The highest BCUT2D eigenvalue weighted by atomic mass is 16.6. The van der Waals surface area contributed by atoms with Gasteiger partial charge in [0.1, 0.15) is 29.5 Å². The van der Waals surface area contributed by atoms with Crippen LogP contribution in [0.5, 0.6) is 0 Å². The number of carbonyl (C=O) groups is 2. The summed E-state index contributed by atoms with van der Waals surface area (Å²) < 4.78 is 24.5. The zero-order chi connectivity index (χ0) is 30.6. The molecule has 1 aromatic heterocycles. The number of carbonyl (C=O) groups excluding carboxylic acids is 2. The number of hydrogen-bond acceptors (Lipinski definition) is 9. The number of aryl methyl sites for hydroxylation is 2. The van der Waals surface area contributed by atoms with E-state index in [2.05, 4.69) is 28.4 Å². The molecule has 1 amide bonds. The summed E-state index contributed by atoms with van der Waals surface area (Å²) in [6.45, 7) is 12.3. The minimum absolute atomic E-state index is 0.0229. The Bertz CT molecular complexity index is 1200. The maximum Gasteiger partial charge on any atom is 0.308 e. The van der Waals surface area contributed by atoms with Gasteiger partial charge in [-0.1, -0.05) is 36.8 Å². The topological polar surface area (TPSA) is 137 Å². The molecule has 232 valence electrons. The molecule has 9 atom stereocenters. The van der Waals surface area contributed by atoms with Gasteiger partial charge >= 0.3 is 5.97 Å². The van der Waals surface area contributed by atoms with E-state index in [0.717, 1.165) is 24.2 Å². The smallest absolute Gasteiger partial charge is 0.308 e. The third-order valence-electron chi connectivity index (χ3n) is 8.49. The lowest BCUT2D eigenvalue weighted by molar-refractivity contribution is -0.157. The summed E-state index contributed by atoms with van der Waals surface area (Å²) in [7, 11) is 1.35. The number of amides is 1. The van der Waals surface area contributed by atoms with Crippen molar-refractivity contribution >= 4 is 11.9 Å². The van der Waals surface area contributed by atoms with E-state index in [-0.39, 0.29) is 54.6 Å². The van der Waals surface area contributed by atoms with Crippen molar-refractivity contribution in [1.29, 1.82) is 0 Å². The molecule has 3 saturated heterocycles. The first kappa shape index (κ1) is 32.1. The van der Waals surface area contributed by atoms with Crippen LogP contribution in [0, 0.1) is 19.8 Å². The third kappa shape index (κ3) is 7.94. The average molecular weight is 587 g/mol. The zero-order valence-electron chi connectivity index (χ0n) is 25.8. The minimum Gasteiger partial charge on any atom is -0.469 e. The van der Waals surface area contributed by atoms with Gasteiger partial charge in [0.2, 0.25) is 5.91 Å². The predicted molar refractivity (Wildman–Crippen MR) is 156 cm³/mol. The van der Waals surface area contributed by atoms with Crippen molar-refractivity contribution in [3.8, 4) is 0 Å². The van der Waals surface area contributed by atoms with Crippen LogP contribution in [0.3, 0.4) is 0 Å². The van der Waals surface area contributed by atoms with Gasteiger partial charge in [-0.3, -0.25) is 9.59 Å². The third-order valence-corrected chi connectivity index (χ3v) is 8.49. The second-order valence-electron chi connectivity index (χ2n) is 12.0. The number of allylic oxidation sites excluding steroid dienone is 3. The van der Waals surface area contributed by atoms with E-state index in [1.807, 2.05) is 52.8 Å². The number of nitrogens with zero attached hydrogens (tertiary/aromatic N) is 3. The molecule has 0 saturated carbocycles. The van der Waals surface area contributed by atoms with E-state index >= 15 is 0 Å². The number of esters is 1. The Morgan fingerprint density at radius 1 is 1.26 bits per heavy atom. The summed E-state index contributed by atoms with van der Waals surface area (Å²) >= 11 is 0. The zero-order valence-corrected chi connectivity index (χ0v) is 25.8. The van der Waals surface area contributed by atoms with Gasteiger partial charge in [-0.05, 0) is 53.4 Å². The van der Waals surface area contributed by atoms with E-state index in [4.69, 9.17) is 18.9 Å². The molecular formula is C31H46N4O7. The molecule has 0 aromatic carbocycles. The van der Waals surface area contributed by atoms with Gasteiger partial charge in [0.05, 0.1) is 50.5 Å². The van der Waals surface area contributed by atoms with Crippen LogP contribution in [0.25, 0.3) is 0 Å². The number of ether oxygens (including phenoxy) is 4. The lowest BCUT2D eigenvalue weighted by atomic mass is 9.87. The van der Waals surface area contributed by atoms with Gasteiger partial charge in [0.15, 0.2) is 0 Å². The Labute approximate surface area is 248 Å².